The maximum Gasteiger partial charge on any atom is 0.115 e. The number of para-hydroxylation sites is 1. The summed E-state index contributed by atoms with van der Waals surface area (Å²) in [5.41, 5.74) is 0. The summed E-state index contributed by atoms with van der Waals surface area (Å²) < 4.78 is 0. The van der Waals surface area contributed by atoms with Crippen LogP contribution in [0.4, 0.5) is 0 Å². The molecule has 0 amide bonds. The first-order valence-electron chi connectivity index (χ1n) is 4.43. The van der Waals surface area contributed by atoms with Crippen LogP contribution in [-0.4, -0.2) is 51.0 Å². The van der Waals surface area contributed by atoms with E-state index in [1.165, 1.54) is 0 Å². The zero-order valence-electron chi connectivity index (χ0n) is 8.19. The first-order valence-corrected chi connectivity index (χ1v) is 4.43. The Morgan fingerprint density at radius 2 is 1.27 bits per heavy atom. The van der Waals surface area contributed by atoms with Crippen molar-refractivity contribution in [2.45, 2.75) is 12.2 Å². The SMILES string of the molecule is OCC(O)C(O)CO.Oc1ccccc1. The van der Waals surface area contributed by atoms with Crippen LogP contribution < -0.4 is 0 Å². The zero-order chi connectivity index (χ0) is 11.7. The minimum absolute atomic E-state index is 0.322. The maximum atomic E-state index is 8.63. The Morgan fingerprint density at radius 1 is 0.867 bits per heavy atom. The van der Waals surface area contributed by atoms with E-state index < -0.39 is 25.4 Å². The number of phenolic OH excluding ortho intramolecular Hbond substituents is 1. The Hall–Kier alpha value is -1.14. The van der Waals surface area contributed by atoms with Crippen molar-refractivity contribution in [1.82, 2.24) is 0 Å². The van der Waals surface area contributed by atoms with Gasteiger partial charge in [0.2, 0.25) is 0 Å². The van der Waals surface area contributed by atoms with Crippen molar-refractivity contribution in [1.29, 1.82) is 0 Å². The van der Waals surface area contributed by atoms with Crippen molar-refractivity contribution in [3.05, 3.63) is 30.3 Å². The van der Waals surface area contributed by atoms with E-state index in [1.807, 2.05) is 6.07 Å². The number of benzene rings is 1. The molecule has 15 heavy (non-hydrogen) atoms. The van der Waals surface area contributed by atoms with Crippen molar-refractivity contribution in [3.8, 4) is 5.75 Å². The summed E-state index contributed by atoms with van der Waals surface area (Å²) in [6, 6.07) is 8.71. The van der Waals surface area contributed by atoms with Gasteiger partial charge in [-0.15, -0.1) is 0 Å². The molecular weight excluding hydrogens is 200 g/mol. The second-order valence-electron chi connectivity index (χ2n) is 2.84. The Morgan fingerprint density at radius 3 is 1.47 bits per heavy atom. The molecule has 0 aliphatic rings. The largest absolute Gasteiger partial charge is 0.508 e. The third-order valence-corrected chi connectivity index (χ3v) is 1.57. The van der Waals surface area contributed by atoms with E-state index in [9.17, 15) is 0 Å². The van der Waals surface area contributed by atoms with Gasteiger partial charge in [-0.25, -0.2) is 0 Å². The molecule has 1 aromatic carbocycles. The van der Waals surface area contributed by atoms with Crippen LogP contribution in [-0.2, 0) is 0 Å². The molecule has 1 aromatic rings. The van der Waals surface area contributed by atoms with Crippen LogP contribution in [0, 0.1) is 0 Å². The van der Waals surface area contributed by atoms with Gasteiger partial charge in [-0.1, -0.05) is 18.2 Å². The molecule has 0 heterocycles. The molecule has 0 saturated carbocycles. The first kappa shape index (κ1) is 13.9. The normalized spacial score (nSPS) is 13.6. The van der Waals surface area contributed by atoms with E-state index in [-0.39, 0.29) is 0 Å². The summed E-state index contributed by atoms with van der Waals surface area (Å²) in [4.78, 5) is 0. The number of hydrogen-bond donors (Lipinski definition) is 5. The molecule has 0 aliphatic carbocycles. The minimum atomic E-state index is -1.22. The molecule has 0 bridgehead atoms. The Balaban J connectivity index is 0.000000262. The Kier molecular flexibility index (Phi) is 7.57. The summed E-state index contributed by atoms with van der Waals surface area (Å²) in [5, 5.41) is 41.8. The summed E-state index contributed by atoms with van der Waals surface area (Å²) in [5.74, 6) is 0.322. The molecule has 2 atom stereocenters. The predicted molar refractivity (Wildman–Crippen MR) is 54.3 cm³/mol. The quantitative estimate of drug-likeness (QED) is 0.450. The molecule has 2 unspecified atom stereocenters. The van der Waals surface area contributed by atoms with Crippen LogP contribution in [0.2, 0.25) is 0 Å². The van der Waals surface area contributed by atoms with Gasteiger partial charge in [0.05, 0.1) is 13.2 Å². The fraction of sp³-hybridized carbons (Fsp3) is 0.400. The highest BCUT2D eigenvalue weighted by molar-refractivity contribution is 5.18. The minimum Gasteiger partial charge on any atom is -0.508 e. The lowest BCUT2D eigenvalue weighted by molar-refractivity contribution is -0.0388. The second kappa shape index (κ2) is 8.19. The molecule has 1 rings (SSSR count). The monoisotopic (exact) mass is 216 g/mol. The molecule has 86 valence electrons. The molecule has 0 aromatic heterocycles. The highest BCUT2D eigenvalue weighted by atomic mass is 16.4. The average Bonchev–Trinajstić information content (AvgIpc) is 2.29. The van der Waals surface area contributed by atoms with Gasteiger partial charge < -0.3 is 25.5 Å². The van der Waals surface area contributed by atoms with E-state index in [2.05, 4.69) is 0 Å². The van der Waals surface area contributed by atoms with Crippen LogP contribution in [0.1, 0.15) is 0 Å². The molecule has 0 saturated heterocycles. The molecule has 0 aliphatic heterocycles. The highest BCUT2D eigenvalue weighted by Crippen LogP contribution is 2.02. The van der Waals surface area contributed by atoms with Gasteiger partial charge in [0.15, 0.2) is 0 Å². The smallest absolute Gasteiger partial charge is 0.115 e. The first-order chi connectivity index (χ1) is 7.11. The van der Waals surface area contributed by atoms with Gasteiger partial charge >= 0.3 is 0 Å². The number of aromatic hydroxyl groups is 1. The van der Waals surface area contributed by atoms with E-state index in [0.29, 0.717) is 5.75 Å². The summed E-state index contributed by atoms with van der Waals surface area (Å²) in [7, 11) is 0. The zero-order valence-corrected chi connectivity index (χ0v) is 8.19. The molecular formula is C10H16O5. The molecule has 0 spiro atoms. The highest BCUT2D eigenvalue weighted by Gasteiger charge is 2.12. The molecule has 5 N–H and O–H groups in total. The van der Waals surface area contributed by atoms with Crippen molar-refractivity contribution in [2.75, 3.05) is 13.2 Å². The summed E-state index contributed by atoms with van der Waals surface area (Å²) >= 11 is 0. The van der Waals surface area contributed by atoms with Gasteiger partial charge in [-0.3, -0.25) is 0 Å². The predicted octanol–water partition coefficient (Wildman–Crippen LogP) is -0.915. The number of phenols is 1. The maximum absolute atomic E-state index is 8.63. The molecule has 5 nitrogen and oxygen atoms in total. The van der Waals surface area contributed by atoms with Gasteiger partial charge in [-0.05, 0) is 12.1 Å². The van der Waals surface area contributed by atoms with Crippen molar-refractivity contribution < 1.29 is 25.5 Å². The van der Waals surface area contributed by atoms with Gasteiger partial charge in [0, 0.05) is 0 Å². The van der Waals surface area contributed by atoms with Gasteiger partial charge in [0.25, 0.3) is 0 Å². The van der Waals surface area contributed by atoms with Crippen molar-refractivity contribution in [3.63, 3.8) is 0 Å². The number of hydrogen-bond acceptors (Lipinski definition) is 5. The molecule has 5 heteroatoms. The second-order valence-corrected chi connectivity index (χ2v) is 2.84. The third-order valence-electron chi connectivity index (χ3n) is 1.57. The van der Waals surface area contributed by atoms with E-state index in [0.717, 1.165) is 0 Å². The lowest BCUT2D eigenvalue weighted by Gasteiger charge is -2.10. The lowest BCUT2D eigenvalue weighted by Crippen LogP contribution is -2.31. The van der Waals surface area contributed by atoms with E-state index in [1.54, 1.807) is 24.3 Å². The fourth-order valence-electron chi connectivity index (χ4n) is 0.671. The van der Waals surface area contributed by atoms with Crippen LogP contribution >= 0.6 is 0 Å². The van der Waals surface area contributed by atoms with Crippen LogP contribution in [0.3, 0.4) is 0 Å². The van der Waals surface area contributed by atoms with E-state index >= 15 is 0 Å². The van der Waals surface area contributed by atoms with Crippen LogP contribution in [0.25, 0.3) is 0 Å². The Labute approximate surface area is 87.9 Å². The fourth-order valence-corrected chi connectivity index (χ4v) is 0.671. The summed E-state index contributed by atoms with van der Waals surface area (Å²) in [6.07, 6.45) is -2.44. The number of aliphatic hydroxyl groups excluding tert-OH is 4. The van der Waals surface area contributed by atoms with Gasteiger partial charge in [0.1, 0.15) is 18.0 Å². The van der Waals surface area contributed by atoms with E-state index in [4.69, 9.17) is 25.5 Å². The van der Waals surface area contributed by atoms with Gasteiger partial charge in [-0.2, -0.15) is 0 Å². The Bertz CT molecular complexity index is 231. The van der Waals surface area contributed by atoms with Crippen molar-refractivity contribution in [2.24, 2.45) is 0 Å². The van der Waals surface area contributed by atoms with Crippen LogP contribution in [0.5, 0.6) is 5.75 Å². The third kappa shape index (κ3) is 6.87. The number of rotatable bonds is 3. The van der Waals surface area contributed by atoms with Crippen LogP contribution in [0.15, 0.2) is 30.3 Å². The lowest BCUT2D eigenvalue weighted by atomic mass is 10.2. The molecule has 0 fully saturated rings. The standard InChI is InChI=1S/C6H6O.C4H10O4/c7-6-4-2-1-3-5-6;5-1-3(7)4(8)2-6/h1-5,7H;3-8H,1-2H2. The molecule has 0 radical (unpaired) electrons. The summed E-state index contributed by atoms with van der Waals surface area (Å²) in [6.45, 7) is -1.05. The topological polar surface area (TPSA) is 101 Å². The average molecular weight is 216 g/mol. The van der Waals surface area contributed by atoms with Crippen molar-refractivity contribution >= 4 is 0 Å². The number of aliphatic hydroxyl groups is 4.